The van der Waals surface area contributed by atoms with Crippen LogP contribution < -0.4 is 0 Å². The molecule has 0 heterocycles. The van der Waals surface area contributed by atoms with Gasteiger partial charge in [-0.05, 0) is 0 Å². The molecule has 0 amide bonds. The van der Waals surface area contributed by atoms with Crippen molar-refractivity contribution >= 4 is 18.4 Å². The Kier molecular flexibility index (Phi) is 12.2. The minimum absolute atomic E-state index is 0.295. The van der Waals surface area contributed by atoms with Gasteiger partial charge in [0.2, 0.25) is 0 Å². The average molecular weight is 353 g/mol. The molecule has 17 heavy (non-hydrogen) atoms. The number of aliphatic hydroxyl groups excluding tert-OH is 3. The Morgan fingerprint density at radius 1 is 0.647 bits per heavy atom. The number of aliphatic hydroxyl groups is 3. The van der Waals surface area contributed by atoms with Crippen LogP contribution in [0.25, 0.3) is 0 Å². The molecule has 3 nitrogen and oxygen atoms in total. The first-order valence-electron chi connectivity index (χ1n) is 7.07. The normalized spacial score (nSPS) is 12.0. The third kappa shape index (κ3) is 8.40. The monoisotopic (exact) mass is 354 g/mol. The summed E-state index contributed by atoms with van der Waals surface area (Å²) in [5.74, 6) is 0. The van der Waals surface area contributed by atoms with E-state index in [1.807, 2.05) is 0 Å². The maximum atomic E-state index is 9.04. The molecule has 0 bridgehead atoms. The van der Waals surface area contributed by atoms with Gasteiger partial charge in [-0.25, -0.2) is 0 Å². The van der Waals surface area contributed by atoms with E-state index in [1.165, 1.54) is 30.6 Å². The van der Waals surface area contributed by atoms with Crippen molar-refractivity contribution < 1.29 is 15.3 Å². The molecule has 0 aromatic rings. The molecule has 0 radical (unpaired) electrons. The van der Waals surface area contributed by atoms with Crippen molar-refractivity contribution in [3.63, 3.8) is 0 Å². The van der Waals surface area contributed by atoms with Crippen molar-refractivity contribution in [2.75, 3.05) is 19.8 Å². The molecule has 0 aromatic carbocycles. The van der Waals surface area contributed by atoms with Crippen LogP contribution in [0.3, 0.4) is 0 Å². The Hall–Kier alpha value is 0.679. The van der Waals surface area contributed by atoms with Crippen molar-refractivity contribution in [2.45, 2.75) is 56.8 Å². The van der Waals surface area contributed by atoms with Crippen LogP contribution in [0.5, 0.6) is 0 Å². The van der Waals surface area contributed by atoms with Gasteiger partial charge in [0.05, 0.1) is 0 Å². The topological polar surface area (TPSA) is 60.7 Å². The Balaban J connectivity index is 4.39. The molecule has 0 atom stereocenters. The summed E-state index contributed by atoms with van der Waals surface area (Å²) in [4.78, 5) is 0. The molecular formula is C13H30O3Sn. The fourth-order valence-electron chi connectivity index (χ4n) is 2.66. The van der Waals surface area contributed by atoms with E-state index in [2.05, 4.69) is 6.92 Å². The van der Waals surface area contributed by atoms with Gasteiger partial charge in [-0.2, -0.15) is 0 Å². The third-order valence-corrected chi connectivity index (χ3v) is 19.8. The van der Waals surface area contributed by atoms with Crippen molar-refractivity contribution in [1.82, 2.24) is 0 Å². The Morgan fingerprint density at radius 2 is 1.00 bits per heavy atom. The molecule has 0 saturated carbocycles. The Bertz CT molecular complexity index is 127. The number of hydrogen-bond donors (Lipinski definition) is 3. The quantitative estimate of drug-likeness (QED) is 0.472. The maximum absolute atomic E-state index is 9.04. The van der Waals surface area contributed by atoms with Crippen LogP contribution in [0.15, 0.2) is 0 Å². The van der Waals surface area contributed by atoms with Crippen molar-refractivity contribution in [3.05, 3.63) is 0 Å². The van der Waals surface area contributed by atoms with Crippen LogP contribution in [0.2, 0.25) is 17.7 Å². The molecule has 0 fully saturated rings. The average Bonchev–Trinajstić information content (AvgIpc) is 2.37. The summed E-state index contributed by atoms with van der Waals surface area (Å²) in [6.45, 7) is 3.11. The SMILES string of the molecule is CCC[CH2][Sn]([CH2]CCO)([CH2]CCO)[CH2]CCO. The zero-order valence-corrected chi connectivity index (χ0v) is 14.2. The van der Waals surface area contributed by atoms with E-state index in [4.69, 9.17) is 15.3 Å². The van der Waals surface area contributed by atoms with E-state index in [1.54, 1.807) is 0 Å². The molecule has 0 rings (SSSR count). The molecule has 0 aromatic heterocycles. The second kappa shape index (κ2) is 11.8. The molecule has 0 spiro atoms. The molecule has 3 N–H and O–H groups in total. The van der Waals surface area contributed by atoms with Gasteiger partial charge in [0.15, 0.2) is 0 Å². The molecule has 0 aliphatic rings. The van der Waals surface area contributed by atoms with Crippen LogP contribution >= 0.6 is 0 Å². The minimum atomic E-state index is -2.17. The summed E-state index contributed by atoms with van der Waals surface area (Å²) < 4.78 is 5.05. The van der Waals surface area contributed by atoms with Gasteiger partial charge in [-0.3, -0.25) is 0 Å². The Morgan fingerprint density at radius 3 is 1.29 bits per heavy atom. The Labute approximate surface area is 110 Å². The number of rotatable bonds is 12. The summed E-state index contributed by atoms with van der Waals surface area (Å²) in [6.07, 6.45) is 5.30. The molecule has 0 aliphatic heterocycles. The fraction of sp³-hybridized carbons (Fsp3) is 1.00. The zero-order valence-electron chi connectivity index (χ0n) is 11.3. The van der Waals surface area contributed by atoms with E-state index in [0.717, 1.165) is 19.3 Å². The second-order valence-electron chi connectivity index (χ2n) is 5.09. The summed E-state index contributed by atoms with van der Waals surface area (Å²) >= 11 is -2.17. The van der Waals surface area contributed by atoms with E-state index >= 15 is 0 Å². The van der Waals surface area contributed by atoms with Gasteiger partial charge >= 0.3 is 110 Å². The van der Waals surface area contributed by atoms with Crippen LogP contribution in [0.4, 0.5) is 0 Å². The van der Waals surface area contributed by atoms with Gasteiger partial charge in [0.25, 0.3) is 0 Å². The number of unbranched alkanes of at least 4 members (excludes halogenated alkanes) is 1. The van der Waals surface area contributed by atoms with Gasteiger partial charge in [-0.15, -0.1) is 0 Å². The van der Waals surface area contributed by atoms with E-state index in [9.17, 15) is 0 Å². The summed E-state index contributed by atoms with van der Waals surface area (Å²) in [5, 5.41) is 27.1. The standard InChI is InChI=1S/C4H9.3C3H7O.Sn/c1-3-4-2;3*1-2-3-4;/h1,3-4H2,2H3;3*4H,1-3H2;. The summed E-state index contributed by atoms with van der Waals surface area (Å²) in [5.41, 5.74) is 0. The summed E-state index contributed by atoms with van der Waals surface area (Å²) in [6, 6.07) is 0. The first-order chi connectivity index (χ1) is 8.24. The predicted octanol–water partition coefficient (Wildman–Crippen LogP) is 2.38. The molecular weight excluding hydrogens is 323 g/mol. The molecule has 0 aliphatic carbocycles. The van der Waals surface area contributed by atoms with Crippen LogP contribution in [-0.2, 0) is 0 Å². The van der Waals surface area contributed by atoms with Crippen molar-refractivity contribution in [3.8, 4) is 0 Å². The first-order valence-corrected chi connectivity index (χ1v) is 15.1. The van der Waals surface area contributed by atoms with Gasteiger partial charge < -0.3 is 0 Å². The van der Waals surface area contributed by atoms with E-state index in [0.29, 0.717) is 19.8 Å². The molecule has 0 unspecified atom stereocenters. The molecule has 0 saturated heterocycles. The third-order valence-electron chi connectivity index (χ3n) is 3.66. The predicted molar refractivity (Wildman–Crippen MR) is 75.0 cm³/mol. The molecule has 4 heteroatoms. The van der Waals surface area contributed by atoms with Crippen LogP contribution in [0, 0.1) is 0 Å². The van der Waals surface area contributed by atoms with Gasteiger partial charge in [0.1, 0.15) is 0 Å². The first kappa shape index (κ1) is 17.7. The van der Waals surface area contributed by atoms with Gasteiger partial charge in [-0.1, -0.05) is 0 Å². The number of hydrogen-bond acceptors (Lipinski definition) is 3. The molecule has 104 valence electrons. The summed E-state index contributed by atoms with van der Waals surface area (Å²) in [7, 11) is 0. The second-order valence-corrected chi connectivity index (χ2v) is 19.4. The van der Waals surface area contributed by atoms with Gasteiger partial charge in [0, 0.05) is 0 Å². The van der Waals surface area contributed by atoms with Crippen LogP contribution in [0.1, 0.15) is 39.0 Å². The van der Waals surface area contributed by atoms with Crippen molar-refractivity contribution in [1.29, 1.82) is 0 Å². The fourth-order valence-corrected chi connectivity index (χ4v) is 17.9. The van der Waals surface area contributed by atoms with E-state index in [-0.39, 0.29) is 0 Å². The van der Waals surface area contributed by atoms with Crippen LogP contribution in [-0.4, -0.2) is 53.5 Å². The van der Waals surface area contributed by atoms with E-state index < -0.39 is 18.4 Å². The zero-order chi connectivity index (χ0) is 13.0. The van der Waals surface area contributed by atoms with Crippen molar-refractivity contribution in [2.24, 2.45) is 0 Å².